The number of rotatable bonds is 7. The summed E-state index contributed by atoms with van der Waals surface area (Å²) in [5.41, 5.74) is 0.968. The zero-order valence-electron chi connectivity index (χ0n) is 11.6. The first-order valence-corrected chi connectivity index (χ1v) is 7.85. The van der Waals surface area contributed by atoms with Crippen LogP contribution in [0.25, 0.3) is 0 Å². The molecule has 5 heteroatoms. The Bertz CT molecular complexity index is 578. The fraction of sp³-hybridized carbons (Fsp3) is 0.267. The Kier molecular flexibility index (Phi) is 5.70. The quantitative estimate of drug-likeness (QED) is 0.722. The Morgan fingerprint density at radius 2 is 1.65 bits per heavy atom. The van der Waals surface area contributed by atoms with Crippen LogP contribution in [0.3, 0.4) is 0 Å². The lowest BCUT2D eigenvalue weighted by atomic mass is 10.2. The smallest absolute Gasteiger partial charge is 0.238 e. The molecular weight excluding hydrogens is 274 g/mol. The number of sulfone groups is 1. The lowest BCUT2D eigenvalue weighted by Crippen LogP contribution is -2.36. The van der Waals surface area contributed by atoms with Gasteiger partial charge >= 0.3 is 0 Å². The Morgan fingerprint density at radius 3 is 2.10 bits per heavy atom. The maximum Gasteiger partial charge on any atom is 0.238 e. The van der Waals surface area contributed by atoms with E-state index in [0.29, 0.717) is 13.1 Å². The molecule has 0 aliphatic rings. The fourth-order valence-corrected chi connectivity index (χ4v) is 2.90. The summed E-state index contributed by atoms with van der Waals surface area (Å²) in [6.07, 6.45) is 3.11. The van der Waals surface area contributed by atoms with Crippen molar-refractivity contribution in [2.45, 2.75) is 11.8 Å². The third kappa shape index (κ3) is 4.35. The van der Waals surface area contributed by atoms with E-state index in [1.54, 1.807) is 24.3 Å². The number of carbonyl (C=O) groups excluding carboxylic acids is 1. The van der Waals surface area contributed by atoms with Crippen molar-refractivity contribution in [1.82, 2.24) is 4.90 Å². The number of aryl methyl sites for hydroxylation is 1. The van der Waals surface area contributed by atoms with E-state index in [0.717, 1.165) is 5.56 Å². The normalized spacial score (nSPS) is 10.8. The van der Waals surface area contributed by atoms with Gasteiger partial charge in [-0.1, -0.05) is 29.8 Å². The molecule has 0 bridgehead atoms. The average molecular weight is 293 g/mol. The SMILES string of the molecule is C=CCN(CC=C)C(=O)CS(=O)(=O)c1ccc(C)cc1. The molecule has 0 aliphatic carbocycles. The van der Waals surface area contributed by atoms with Crippen LogP contribution < -0.4 is 0 Å². The van der Waals surface area contributed by atoms with E-state index < -0.39 is 21.5 Å². The zero-order chi connectivity index (χ0) is 15.2. The van der Waals surface area contributed by atoms with Gasteiger partial charge in [-0.15, -0.1) is 13.2 Å². The van der Waals surface area contributed by atoms with Crippen molar-refractivity contribution in [3.63, 3.8) is 0 Å². The predicted octanol–water partition coefficient (Wildman–Crippen LogP) is 1.97. The lowest BCUT2D eigenvalue weighted by molar-refractivity contribution is -0.127. The van der Waals surface area contributed by atoms with E-state index >= 15 is 0 Å². The molecule has 0 aromatic heterocycles. The van der Waals surface area contributed by atoms with Crippen LogP contribution in [0.1, 0.15) is 5.56 Å². The lowest BCUT2D eigenvalue weighted by Gasteiger charge is -2.19. The summed E-state index contributed by atoms with van der Waals surface area (Å²) < 4.78 is 24.3. The summed E-state index contributed by atoms with van der Waals surface area (Å²) in [5, 5.41) is 0. The van der Waals surface area contributed by atoms with Gasteiger partial charge in [-0.25, -0.2) is 8.42 Å². The van der Waals surface area contributed by atoms with E-state index in [2.05, 4.69) is 13.2 Å². The largest absolute Gasteiger partial charge is 0.334 e. The monoisotopic (exact) mass is 293 g/mol. The van der Waals surface area contributed by atoms with Gasteiger partial charge in [0.15, 0.2) is 9.84 Å². The van der Waals surface area contributed by atoms with Crippen molar-refractivity contribution >= 4 is 15.7 Å². The molecule has 0 saturated heterocycles. The van der Waals surface area contributed by atoms with Gasteiger partial charge in [-0.3, -0.25) is 4.79 Å². The van der Waals surface area contributed by atoms with E-state index in [9.17, 15) is 13.2 Å². The highest BCUT2D eigenvalue weighted by Crippen LogP contribution is 2.13. The molecule has 4 nitrogen and oxygen atoms in total. The molecule has 1 aromatic carbocycles. The first kappa shape index (κ1) is 16.2. The molecular formula is C15H19NO3S. The maximum absolute atomic E-state index is 12.2. The van der Waals surface area contributed by atoms with Crippen molar-refractivity contribution < 1.29 is 13.2 Å². The fourth-order valence-electron chi connectivity index (χ4n) is 1.67. The second-order valence-corrected chi connectivity index (χ2v) is 6.44. The first-order chi connectivity index (χ1) is 9.40. The minimum absolute atomic E-state index is 0.161. The van der Waals surface area contributed by atoms with Crippen LogP contribution in [-0.4, -0.2) is 38.1 Å². The summed E-state index contributed by atoms with van der Waals surface area (Å²) in [5.74, 6) is -0.997. The molecule has 0 heterocycles. The number of carbonyl (C=O) groups is 1. The van der Waals surface area contributed by atoms with Crippen LogP contribution >= 0.6 is 0 Å². The van der Waals surface area contributed by atoms with Crippen LogP contribution in [0.5, 0.6) is 0 Å². The van der Waals surface area contributed by atoms with E-state index in [1.807, 2.05) is 6.92 Å². The molecule has 0 unspecified atom stereocenters. The van der Waals surface area contributed by atoms with Crippen molar-refractivity contribution in [1.29, 1.82) is 0 Å². The molecule has 1 rings (SSSR count). The van der Waals surface area contributed by atoms with Crippen LogP contribution in [0.15, 0.2) is 54.5 Å². The Morgan fingerprint density at radius 1 is 1.15 bits per heavy atom. The molecule has 108 valence electrons. The Labute approximate surface area is 120 Å². The van der Waals surface area contributed by atoms with Crippen LogP contribution in [-0.2, 0) is 14.6 Å². The third-order valence-electron chi connectivity index (χ3n) is 2.75. The third-order valence-corrected chi connectivity index (χ3v) is 4.36. The number of hydrogen-bond donors (Lipinski definition) is 0. The molecule has 0 atom stereocenters. The van der Waals surface area contributed by atoms with Gasteiger partial charge in [-0.2, -0.15) is 0 Å². The minimum atomic E-state index is -3.62. The summed E-state index contributed by atoms with van der Waals surface area (Å²) >= 11 is 0. The van der Waals surface area contributed by atoms with Gasteiger partial charge in [0.05, 0.1) is 4.90 Å². The summed E-state index contributed by atoms with van der Waals surface area (Å²) in [6.45, 7) is 9.58. The van der Waals surface area contributed by atoms with Crippen molar-refractivity contribution in [3.8, 4) is 0 Å². The summed E-state index contributed by atoms with van der Waals surface area (Å²) in [6, 6.07) is 6.46. The first-order valence-electron chi connectivity index (χ1n) is 6.19. The summed E-state index contributed by atoms with van der Waals surface area (Å²) in [7, 11) is -3.62. The molecule has 1 amide bonds. The van der Waals surface area contributed by atoms with E-state index in [1.165, 1.54) is 17.0 Å². The zero-order valence-corrected chi connectivity index (χ0v) is 12.4. The highest BCUT2D eigenvalue weighted by molar-refractivity contribution is 7.92. The van der Waals surface area contributed by atoms with Gasteiger partial charge in [0.1, 0.15) is 5.75 Å². The predicted molar refractivity (Wildman–Crippen MR) is 80.2 cm³/mol. The van der Waals surface area contributed by atoms with Gasteiger partial charge < -0.3 is 4.90 Å². The second kappa shape index (κ2) is 7.05. The Balaban J connectivity index is 2.89. The molecule has 0 N–H and O–H groups in total. The highest BCUT2D eigenvalue weighted by Gasteiger charge is 2.22. The van der Waals surface area contributed by atoms with Crippen molar-refractivity contribution in [2.75, 3.05) is 18.8 Å². The molecule has 0 saturated carbocycles. The molecule has 20 heavy (non-hydrogen) atoms. The Hall–Kier alpha value is -1.88. The van der Waals surface area contributed by atoms with Gasteiger partial charge in [0, 0.05) is 13.1 Å². The molecule has 0 aliphatic heterocycles. The van der Waals surface area contributed by atoms with Gasteiger partial charge in [0.2, 0.25) is 5.91 Å². The maximum atomic E-state index is 12.2. The van der Waals surface area contributed by atoms with Crippen molar-refractivity contribution in [2.24, 2.45) is 0 Å². The number of nitrogens with zero attached hydrogens (tertiary/aromatic N) is 1. The number of amides is 1. The standard InChI is InChI=1S/C15H19NO3S/c1-4-10-16(11-5-2)15(17)12-20(18,19)14-8-6-13(3)7-9-14/h4-9H,1-2,10-12H2,3H3. The van der Waals surface area contributed by atoms with Crippen LogP contribution in [0.2, 0.25) is 0 Å². The minimum Gasteiger partial charge on any atom is -0.334 e. The number of hydrogen-bond acceptors (Lipinski definition) is 3. The van der Waals surface area contributed by atoms with Gasteiger partial charge in [-0.05, 0) is 19.1 Å². The highest BCUT2D eigenvalue weighted by atomic mass is 32.2. The molecule has 0 spiro atoms. The van der Waals surface area contributed by atoms with Crippen molar-refractivity contribution in [3.05, 3.63) is 55.1 Å². The summed E-state index contributed by atoms with van der Waals surface area (Å²) in [4.78, 5) is 13.6. The molecule has 0 fully saturated rings. The van der Waals surface area contributed by atoms with E-state index in [-0.39, 0.29) is 4.90 Å². The topological polar surface area (TPSA) is 54.5 Å². The van der Waals surface area contributed by atoms with E-state index in [4.69, 9.17) is 0 Å². The number of benzene rings is 1. The van der Waals surface area contributed by atoms with Gasteiger partial charge in [0.25, 0.3) is 0 Å². The van der Waals surface area contributed by atoms with Crippen LogP contribution in [0, 0.1) is 6.92 Å². The van der Waals surface area contributed by atoms with Crippen LogP contribution in [0.4, 0.5) is 0 Å². The second-order valence-electron chi connectivity index (χ2n) is 4.45. The average Bonchev–Trinajstić information content (AvgIpc) is 2.38. The molecule has 1 aromatic rings. The molecule has 0 radical (unpaired) electrons.